The number of carbonyl (C=O) groups excluding carboxylic acids is 1. The number of benzene rings is 1. The van der Waals surface area contributed by atoms with Crippen LogP contribution in [-0.2, 0) is 4.79 Å². The first-order chi connectivity index (χ1) is 13.8. The van der Waals surface area contributed by atoms with Gasteiger partial charge in [-0.25, -0.2) is 0 Å². The van der Waals surface area contributed by atoms with Gasteiger partial charge in [0.05, 0.1) is 5.69 Å². The van der Waals surface area contributed by atoms with Crippen LogP contribution in [0.2, 0.25) is 0 Å². The third-order valence-electron chi connectivity index (χ3n) is 5.11. The van der Waals surface area contributed by atoms with Crippen molar-refractivity contribution in [2.24, 2.45) is 5.92 Å². The Kier molecular flexibility index (Phi) is 4.05. The van der Waals surface area contributed by atoms with Gasteiger partial charge in [-0.15, -0.1) is 10.2 Å². The highest BCUT2D eigenvalue weighted by Crippen LogP contribution is 2.28. The van der Waals surface area contributed by atoms with Crippen LogP contribution in [0, 0.1) is 5.92 Å². The molecule has 0 bridgehead atoms. The van der Waals surface area contributed by atoms with Crippen molar-refractivity contribution in [3.05, 3.63) is 60.9 Å². The van der Waals surface area contributed by atoms with E-state index >= 15 is 0 Å². The van der Waals surface area contributed by atoms with E-state index in [1.165, 1.54) is 0 Å². The number of pyridine rings is 1. The number of amides is 1. The third-order valence-corrected chi connectivity index (χ3v) is 5.11. The average Bonchev–Trinajstić information content (AvgIpc) is 3.11. The SMILES string of the molecule is O=C(Nc1ccc(-c2ccc3nnc(-c4cccnc4)n3n2)cc1)C1CCC1. The molecule has 3 heterocycles. The van der Waals surface area contributed by atoms with E-state index in [0.717, 1.165) is 41.8 Å². The lowest BCUT2D eigenvalue weighted by atomic mass is 9.85. The summed E-state index contributed by atoms with van der Waals surface area (Å²) < 4.78 is 1.72. The minimum atomic E-state index is 0.115. The number of hydrogen-bond donors (Lipinski definition) is 1. The molecule has 1 fully saturated rings. The molecule has 28 heavy (non-hydrogen) atoms. The van der Waals surface area contributed by atoms with Crippen molar-refractivity contribution in [2.45, 2.75) is 19.3 Å². The monoisotopic (exact) mass is 370 g/mol. The number of nitrogens with zero attached hydrogens (tertiary/aromatic N) is 5. The van der Waals surface area contributed by atoms with Gasteiger partial charge >= 0.3 is 0 Å². The van der Waals surface area contributed by atoms with E-state index in [4.69, 9.17) is 5.10 Å². The molecular formula is C21H18N6O. The molecule has 1 amide bonds. The highest BCUT2D eigenvalue weighted by atomic mass is 16.1. The van der Waals surface area contributed by atoms with Crippen LogP contribution in [-0.4, -0.2) is 30.7 Å². The van der Waals surface area contributed by atoms with Gasteiger partial charge in [-0.05, 0) is 49.2 Å². The number of hydrogen-bond acceptors (Lipinski definition) is 5. The number of nitrogens with one attached hydrogen (secondary N) is 1. The van der Waals surface area contributed by atoms with E-state index in [9.17, 15) is 4.79 Å². The summed E-state index contributed by atoms with van der Waals surface area (Å²) in [7, 11) is 0. The number of fused-ring (bicyclic) bond motifs is 1. The van der Waals surface area contributed by atoms with Gasteiger partial charge < -0.3 is 5.32 Å². The lowest BCUT2D eigenvalue weighted by Gasteiger charge is -2.24. The van der Waals surface area contributed by atoms with Crippen LogP contribution in [0.1, 0.15) is 19.3 Å². The van der Waals surface area contributed by atoms with Crippen LogP contribution in [0.25, 0.3) is 28.3 Å². The Balaban J connectivity index is 1.43. The molecule has 4 aromatic rings. The molecule has 1 N–H and O–H groups in total. The second-order valence-corrected chi connectivity index (χ2v) is 6.95. The quantitative estimate of drug-likeness (QED) is 0.593. The Bertz CT molecular complexity index is 1130. The minimum Gasteiger partial charge on any atom is -0.326 e. The summed E-state index contributed by atoms with van der Waals surface area (Å²) in [6.07, 6.45) is 6.59. The maximum atomic E-state index is 12.1. The van der Waals surface area contributed by atoms with Crippen molar-refractivity contribution in [1.29, 1.82) is 0 Å². The Labute approximate surface area is 161 Å². The summed E-state index contributed by atoms with van der Waals surface area (Å²) in [5.74, 6) is 0.932. The summed E-state index contributed by atoms with van der Waals surface area (Å²) in [4.78, 5) is 16.2. The van der Waals surface area contributed by atoms with Gasteiger partial charge in [0.2, 0.25) is 5.91 Å². The van der Waals surface area contributed by atoms with Crippen molar-refractivity contribution < 1.29 is 4.79 Å². The molecule has 1 aliphatic carbocycles. The van der Waals surface area contributed by atoms with E-state index < -0.39 is 0 Å². The molecule has 7 heteroatoms. The van der Waals surface area contributed by atoms with Crippen LogP contribution in [0.3, 0.4) is 0 Å². The molecule has 0 saturated heterocycles. The van der Waals surface area contributed by atoms with Gasteiger partial charge in [0.1, 0.15) is 0 Å². The lowest BCUT2D eigenvalue weighted by Crippen LogP contribution is -2.27. The lowest BCUT2D eigenvalue weighted by molar-refractivity contribution is -0.122. The van der Waals surface area contributed by atoms with Crippen LogP contribution in [0.15, 0.2) is 60.9 Å². The zero-order valence-corrected chi connectivity index (χ0v) is 15.1. The Morgan fingerprint density at radius 1 is 1.00 bits per heavy atom. The molecule has 5 rings (SSSR count). The van der Waals surface area contributed by atoms with E-state index in [2.05, 4.69) is 20.5 Å². The van der Waals surface area contributed by atoms with Crippen molar-refractivity contribution in [2.75, 3.05) is 5.32 Å². The number of carbonyl (C=O) groups is 1. The molecule has 0 unspecified atom stereocenters. The van der Waals surface area contributed by atoms with Gasteiger partial charge in [-0.1, -0.05) is 18.6 Å². The van der Waals surface area contributed by atoms with E-state index in [0.29, 0.717) is 11.5 Å². The predicted molar refractivity (Wildman–Crippen MR) is 105 cm³/mol. The molecular weight excluding hydrogens is 352 g/mol. The fraction of sp³-hybridized carbons (Fsp3) is 0.190. The number of anilines is 1. The molecule has 1 aliphatic rings. The van der Waals surface area contributed by atoms with E-state index in [1.54, 1.807) is 16.9 Å². The Morgan fingerprint density at radius 2 is 1.86 bits per heavy atom. The Morgan fingerprint density at radius 3 is 2.57 bits per heavy atom. The van der Waals surface area contributed by atoms with Gasteiger partial charge in [0.15, 0.2) is 11.5 Å². The first-order valence-electron chi connectivity index (χ1n) is 9.32. The van der Waals surface area contributed by atoms with E-state index in [1.807, 2.05) is 48.5 Å². The highest BCUT2D eigenvalue weighted by Gasteiger charge is 2.25. The van der Waals surface area contributed by atoms with Crippen molar-refractivity contribution in [3.63, 3.8) is 0 Å². The molecule has 7 nitrogen and oxygen atoms in total. The molecule has 0 atom stereocenters. The predicted octanol–water partition coefficient (Wildman–Crippen LogP) is 3.59. The normalized spacial score (nSPS) is 14.0. The summed E-state index contributed by atoms with van der Waals surface area (Å²) >= 11 is 0. The van der Waals surface area contributed by atoms with Crippen LogP contribution in [0.4, 0.5) is 5.69 Å². The zero-order chi connectivity index (χ0) is 18.9. The topological polar surface area (TPSA) is 85.1 Å². The molecule has 138 valence electrons. The van der Waals surface area contributed by atoms with Crippen LogP contribution in [0.5, 0.6) is 0 Å². The van der Waals surface area contributed by atoms with Crippen LogP contribution >= 0.6 is 0 Å². The van der Waals surface area contributed by atoms with Crippen molar-refractivity contribution in [3.8, 4) is 22.6 Å². The number of rotatable bonds is 4. The largest absolute Gasteiger partial charge is 0.326 e. The average molecular weight is 370 g/mol. The maximum Gasteiger partial charge on any atom is 0.227 e. The smallest absolute Gasteiger partial charge is 0.227 e. The molecule has 0 radical (unpaired) electrons. The summed E-state index contributed by atoms with van der Waals surface area (Å²) in [5, 5.41) is 16.1. The maximum absolute atomic E-state index is 12.1. The van der Waals surface area contributed by atoms with Gasteiger partial charge in [-0.3, -0.25) is 9.78 Å². The first-order valence-corrected chi connectivity index (χ1v) is 9.32. The molecule has 0 spiro atoms. The molecule has 1 aromatic carbocycles. The second-order valence-electron chi connectivity index (χ2n) is 6.95. The van der Waals surface area contributed by atoms with Gasteiger partial charge in [0.25, 0.3) is 0 Å². The van der Waals surface area contributed by atoms with Crippen LogP contribution < -0.4 is 5.32 Å². The minimum absolute atomic E-state index is 0.115. The van der Waals surface area contributed by atoms with Gasteiger partial charge in [0, 0.05) is 35.1 Å². The summed E-state index contributed by atoms with van der Waals surface area (Å²) in [6, 6.07) is 15.3. The zero-order valence-electron chi connectivity index (χ0n) is 15.1. The third kappa shape index (κ3) is 3.00. The summed E-state index contributed by atoms with van der Waals surface area (Å²) in [5.41, 5.74) is 4.09. The van der Waals surface area contributed by atoms with Gasteiger partial charge in [-0.2, -0.15) is 9.61 Å². The second kappa shape index (κ2) is 6.84. The molecule has 1 saturated carbocycles. The fourth-order valence-electron chi connectivity index (χ4n) is 3.26. The number of aromatic nitrogens is 5. The standard InChI is InChI=1S/C21H18N6O/c28-21(15-3-1-4-15)23-17-8-6-14(7-9-17)18-10-11-19-24-25-20(27(19)26-18)16-5-2-12-22-13-16/h2,5-13,15H,1,3-4H2,(H,23,28). The fourth-order valence-corrected chi connectivity index (χ4v) is 3.26. The highest BCUT2D eigenvalue weighted by molar-refractivity contribution is 5.93. The van der Waals surface area contributed by atoms with Crippen molar-refractivity contribution in [1.82, 2.24) is 24.8 Å². The molecule has 3 aromatic heterocycles. The van der Waals surface area contributed by atoms with E-state index in [-0.39, 0.29) is 11.8 Å². The molecule has 0 aliphatic heterocycles. The van der Waals surface area contributed by atoms with Crippen molar-refractivity contribution >= 4 is 17.2 Å². The summed E-state index contributed by atoms with van der Waals surface area (Å²) in [6.45, 7) is 0. The Hall–Kier alpha value is -3.61. The first kappa shape index (κ1) is 16.6.